The van der Waals surface area contributed by atoms with Gasteiger partial charge in [0.1, 0.15) is 12.4 Å². The van der Waals surface area contributed by atoms with Gasteiger partial charge in [-0.2, -0.15) is 0 Å². The van der Waals surface area contributed by atoms with E-state index >= 15 is 0 Å². The number of benzene rings is 3. The number of carbonyl (C=O) groups excluding carboxylic acids is 1. The van der Waals surface area contributed by atoms with Crippen molar-refractivity contribution in [2.45, 2.75) is 13.5 Å². The molecule has 5 nitrogen and oxygen atoms in total. The van der Waals surface area contributed by atoms with Gasteiger partial charge in [-0.1, -0.05) is 46.3 Å². The maximum Gasteiger partial charge on any atom is 0.363 e. The molecular weight excluding hydrogens is 477 g/mol. The van der Waals surface area contributed by atoms with Crippen molar-refractivity contribution in [3.8, 4) is 11.5 Å². The number of rotatable bonds is 7. The summed E-state index contributed by atoms with van der Waals surface area (Å²) in [6.45, 7) is 2.71. The van der Waals surface area contributed by atoms with E-state index in [1.165, 1.54) is 18.2 Å². The Bertz CT molecular complexity index is 1220. The zero-order chi connectivity index (χ0) is 22.5. The zero-order valence-corrected chi connectivity index (χ0v) is 18.8. The summed E-state index contributed by atoms with van der Waals surface area (Å²) in [5, 5.41) is 0. The molecule has 0 spiro atoms. The predicted molar refractivity (Wildman–Crippen MR) is 123 cm³/mol. The summed E-state index contributed by atoms with van der Waals surface area (Å²) in [6, 6.07) is 18.9. The Morgan fingerprint density at radius 1 is 1.03 bits per heavy atom. The lowest BCUT2D eigenvalue weighted by atomic mass is 10.1. The summed E-state index contributed by atoms with van der Waals surface area (Å²) in [7, 11) is 0. The largest absolute Gasteiger partial charge is 0.490 e. The third-order valence-electron chi connectivity index (χ3n) is 4.60. The van der Waals surface area contributed by atoms with E-state index in [0.717, 1.165) is 10.0 Å². The van der Waals surface area contributed by atoms with Crippen molar-refractivity contribution < 1.29 is 23.4 Å². The highest BCUT2D eigenvalue weighted by molar-refractivity contribution is 9.10. The van der Waals surface area contributed by atoms with Gasteiger partial charge in [-0.3, -0.25) is 0 Å². The molecule has 3 aromatic carbocycles. The van der Waals surface area contributed by atoms with Crippen LogP contribution in [0.15, 0.2) is 81.9 Å². The predicted octanol–water partition coefficient (Wildman–Crippen LogP) is 5.91. The van der Waals surface area contributed by atoms with Gasteiger partial charge in [-0.15, -0.1) is 0 Å². The van der Waals surface area contributed by atoms with Gasteiger partial charge in [0, 0.05) is 15.6 Å². The van der Waals surface area contributed by atoms with E-state index < -0.39 is 11.8 Å². The molecule has 0 bridgehead atoms. The second-order valence-corrected chi connectivity index (χ2v) is 7.72. The first-order valence-corrected chi connectivity index (χ1v) is 10.7. The van der Waals surface area contributed by atoms with Crippen molar-refractivity contribution in [2.24, 2.45) is 4.99 Å². The van der Waals surface area contributed by atoms with Crippen molar-refractivity contribution in [3.63, 3.8) is 0 Å². The lowest BCUT2D eigenvalue weighted by Gasteiger charge is -2.13. The fourth-order valence-electron chi connectivity index (χ4n) is 3.08. The molecule has 32 heavy (non-hydrogen) atoms. The summed E-state index contributed by atoms with van der Waals surface area (Å²) in [5.74, 6) is 0.172. The number of esters is 1. The molecule has 0 aliphatic carbocycles. The molecule has 0 radical (unpaired) electrons. The number of aliphatic imine (C=N–C) groups is 1. The molecule has 0 saturated carbocycles. The molecule has 4 rings (SSSR count). The number of hydrogen-bond acceptors (Lipinski definition) is 5. The van der Waals surface area contributed by atoms with Gasteiger partial charge >= 0.3 is 5.97 Å². The summed E-state index contributed by atoms with van der Waals surface area (Å²) < 4.78 is 31.3. The van der Waals surface area contributed by atoms with E-state index in [0.29, 0.717) is 35.8 Å². The Kier molecular flexibility index (Phi) is 6.66. The standard InChI is InChI=1S/C25H19BrFNO4/c1-2-30-23-13-16(10-11-22(23)31-15-18-6-3-4-9-20(18)26)12-21-25(29)32-24(28-21)17-7-5-8-19(27)14-17/h3-14H,2,15H2,1H3/b21-12-. The third kappa shape index (κ3) is 5.06. The molecule has 0 unspecified atom stereocenters. The maximum atomic E-state index is 13.5. The first-order valence-electron chi connectivity index (χ1n) is 9.95. The van der Waals surface area contributed by atoms with Crippen LogP contribution in [0, 0.1) is 5.82 Å². The van der Waals surface area contributed by atoms with Gasteiger partial charge in [0.15, 0.2) is 17.2 Å². The van der Waals surface area contributed by atoms with Crippen molar-refractivity contribution in [1.29, 1.82) is 0 Å². The monoisotopic (exact) mass is 495 g/mol. The van der Waals surface area contributed by atoms with Crippen molar-refractivity contribution in [3.05, 3.63) is 99.4 Å². The van der Waals surface area contributed by atoms with Crippen molar-refractivity contribution in [1.82, 2.24) is 0 Å². The molecule has 1 aliphatic heterocycles. The molecular formula is C25H19BrFNO4. The normalized spacial score (nSPS) is 14.3. The minimum Gasteiger partial charge on any atom is -0.490 e. The molecule has 0 aromatic heterocycles. The molecule has 0 fully saturated rings. The Labute approximate surface area is 193 Å². The van der Waals surface area contributed by atoms with E-state index in [1.54, 1.807) is 30.3 Å². The van der Waals surface area contributed by atoms with Crippen LogP contribution in [0.25, 0.3) is 6.08 Å². The van der Waals surface area contributed by atoms with Gasteiger partial charge in [0.2, 0.25) is 5.90 Å². The molecule has 7 heteroatoms. The van der Waals surface area contributed by atoms with Crippen molar-refractivity contribution >= 4 is 33.9 Å². The van der Waals surface area contributed by atoms with Crippen LogP contribution in [0.5, 0.6) is 11.5 Å². The minimum atomic E-state index is -0.600. The average Bonchev–Trinajstić information content (AvgIpc) is 3.15. The third-order valence-corrected chi connectivity index (χ3v) is 5.38. The highest BCUT2D eigenvalue weighted by Crippen LogP contribution is 2.31. The maximum absolute atomic E-state index is 13.5. The molecule has 1 aliphatic rings. The van der Waals surface area contributed by atoms with E-state index in [9.17, 15) is 9.18 Å². The number of ether oxygens (including phenoxy) is 3. The molecule has 0 N–H and O–H groups in total. The van der Waals surface area contributed by atoms with Crippen LogP contribution in [0.1, 0.15) is 23.6 Å². The zero-order valence-electron chi connectivity index (χ0n) is 17.2. The van der Waals surface area contributed by atoms with Crippen LogP contribution >= 0.6 is 15.9 Å². The molecule has 0 amide bonds. The summed E-state index contributed by atoms with van der Waals surface area (Å²) >= 11 is 3.51. The Morgan fingerprint density at radius 2 is 1.88 bits per heavy atom. The lowest BCUT2D eigenvalue weighted by molar-refractivity contribution is -0.129. The van der Waals surface area contributed by atoms with Gasteiger partial charge in [-0.25, -0.2) is 14.2 Å². The van der Waals surface area contributed by atoms with Crippen LogP contribution in [0.4, 0.5) is 4.39 Å². The highest BCUT2D eigenvalue weighted by atomic mass is 79.9. The molecule has 1 heterocycles. The smallest absolute Gasteiger partial charge is 0.363 e. The number of halogens is 2. The molecule has 0 saturated heterocycles. The average molecular weight is 496 g/mol. The lowest BCUT2D eigenvalue weighted by Crippen LogP contribution is -2.05. The van der Waals surface area contributed by atoms with Crippen LogP contribution in [-0.4, -0.2) is 18.5 Å². The number of hydrogen-bond donors (Lipinski definition) is 0. The number of nitrogens with zero attached hydrogens (tertiary/aromatic N) is 1. The Balaban J connectivity index is 1.57. The van der Waals surface area contributed by atoms with E-state index in [2.05, 4.69) is 20.9 Å². The Morgan fingerprint density at radius 3 is 2.66 bits per heavy atom. The highest BCUT2D eigenvalue weighted by Gasteiger charge is 2.24. The van der Waals surface area contributed by atoms with E-state index in [1.807, 2.05) is 31.2 Å². The molecule has 0 atom stereocenters. The summed E-state index contributed by atoms with van der Waals surface area (Å²) in [5.41, 5.74) is 2.22. The summed E-state index contributed by atoms with van der Waals surface area (Å²) in [4.78, 5) is 16.5. The number of cyclic esters (lactones) is 1. The topological polar surface area (TPSA) is 57.1 Å². The minimum absolute atomic E-state index is 0.0687. The quantitative estimate of drug-likeness (QED) is 0.302. The van der Waals surface area contributed by atoms with Gasteiger partial charge < -0.3 is 14.2 Å². The van der Waals surface area contributed by atoms with Gasteiger partial charge in [-0.05, 0) is 55.0 Å². The fourth-order valence-corrected chi connectivity index (χ4v) is 3.48. The van der Waals surface area contributed by atoms with Crippen LogP contribution in [0.3, 0.4) is 0 Å². The number of carbonyl (C=O) groups is 1. The van der Waals surface area contributed by atoms with Crippen LogP contribution in [-0.2, 0) is 16.1 Å². The van der Waals surface area contributed by atoms with Gasteiger partial charge in [0.25, 0.3) is 0 Å². The fraction of sp³-hybridized carbons (Fsp3) is 0.120. The van der Waals surface area contributed by atoms with Gasteiger partial charge in [0.05, 0.1) is 6.61 Å². The van der Waals surface area contributed by atoms with E-state index in [4.69, 9.17) is 14.2 Å². The summed E-state index contributed by atoms with van der Waals surface area (Å²) in [6.07, 6.45) is 1.59. The second-order valence-electron chi connectivity index (χ2n) is 6.87. The first-order chi connectivity index (χ1) is 15.5. The molecule has 3 aromatic rings. The van der Waals surface area contributed by atoms with E-state index in [-0.39, 0.29) is 11.6 Å². The Hall–Kier alpha value is -3.45. The van der Waals surface area contributed by atoms with Crippen LogP contribution < -0.4 is 9.47 Å². The SMILES string of the molecule is CCOc1cc(/C=C2\N=C(c3cccc(F)c3)OC2=O)ccc1OCc1ccccc1Br. The first kappa shape index (κ1) is 21.8. The second kappa shape index (κ2) is 9.78. The molecule has 162 valence electrons. The van der Waals surface area contributed by atoms with Crippen molar-refractivity contribution in [2.75, 3.05) is 6.61 Å². The van der Waals surface area contributed by atoms with Crippen LogP contribution in [0.2, 0.25) is 0 Å².